The molecule has 1 saturated carbocycles. The Morgan fingerprint density at radius 2 is 1.67 bits per heavy atom. The minimum absolute atomic E-state index is 0.123. The summed E-state index contributed by atoms with van der Waals surface area (Å²) in [4.78, 5) is 33.2. The Balaban J connectivity index is 1.32. The molecular weight excluding hydrogens is 385 g/mol. The van der Waals surface area contributed by atoms with Crippen LogP contribution in [0.25, 0.3) is 5.69 Å². The average Bonchev–Trinajstić information content (AvgIpc) is 3.42. The highest BCUT2D eigenvalue weighted by molar-refractivity contribution is 5.90. The molecule has 2 aliphatic rings. The number of hydrogen-bond acceptors (Lipinski definition) is 4. The van der Waals surface area contributed by atoms with E-state index >= 15 is 0 Å². The van der Waals surface area contributed by atoms with Gasteiger partial charge in [0.05, 0.1) is 5.69 Å². The monoisotopic (exact) mass is 413 g/mol. The van der Waals surface area contributed by atoms with Crippen molar-refractivity contribution in [2.75, 3.05) is 26.2 Å². The maximum Gasteiger partial charge on any atom is 0.293 e. The van der Waals surface area contributed by atoms with Gasteiger partial charge in [0.2, 0.25) is 11.7 Å². The number of amides is 2. The van der Waals surface area contributed by atoms with E-state index < -0.39 is 0 Å². The van der Waals surface area contributed by atoms with Gasteiger partial charge in [-0.05, 0) is 43.5 Å². The van der Waals surface area contributed by atoms with Gasteiger partial charge in [-0.1, -0.05) is 25.7 Å². The van der Waals surface area contributed by atoms with E-state index in [4.69, 9.17) is 0 Å². The zero-order valence-corrected chi connectivity index (χ0v) is 17.4. The lowest BCUT2D eigenvalue weighted by Gasteiger charge is -2.34. The molecule has 1 saturated heterocycles. The maximum absolute atomic E-state index is 13.2. The van der Waals surface area contributed by atoms with Crippen LogP contribution in [0.4, 0.5) is 4.39 Å². The number of nitrogens with zero attached hydrogens (tertiary/aromatic N) is 5. The van der Waals surface area contributed by atoms with E-state index in [1.54, 1.807) is 24.0 Å². The number of aryl methyl sites for hydroxylation is 1. The minimum atomic E-state index is -0.330. The Morgan fingerprint density at radius 1 is 1.03 bits per heavy atom. The quantitative estimate of drug-likeness (QED) is 0.756. The van der Waals surface area contributed by atoms with Crippen LogP contribution in [0.3, 0.4) is 0 Å². The molecule has 0 unspecified atom stereocenters. The molecule has 7 nitrogen and oxygen atoms in total. The number of hydrogen-bond donors (Lipinski definition) is 0. The SMILES string of the molecule is Cc1nc(C(=O)N2CCN(C(=O)CCC3CCCC3)CC2)nn1-c1ccc(F)cc1. The number of carbonyl (C=O) groups excluding carboxylic acids is 2. The molecule has 4 rings (SSSR count). The molecule has 1 aliphatic heterocycles. The molecule has 2 amide bonds. The summed E-state index contributed by atoms with van der Waals surface area (Å²) >= 11 is 0. The van der Waals surface area contributed by atoms with Gasteiger partial charge >= 0.3 is 0 Å². The number of carbonyl (C=O) groups is 2. The number of aromatic nitrogens is 3. The fraction of sp³-hybridized carbons (Fsp3) is 0.545. The van der Waals surface area contributed by atoms with Crippen molar-refractivity contribution in [3.05, 3.63) is 41.7 Å². The molecule has 160 valence electrons. The molecule has 0 N–H and O–H groups in total. The largest absolute Gasteiger partial charge is 0.339 e. The smallest absolute Gasteiger partial charge is 0.293 e. The predicted octanol–water partition coefficient (Wildman–Crippen LogP) is 2.97. The number of piperazine rings is 1. The van der Waals surface area contributed by atoms with E-state index in [9.17, 15) is 14.0 Å². The highest BCUT2D eigenvalue weighted by Gasteiger charge is 2.28. The number of halogens is 1. The van der Waals surface area contributed by atoms with Gasteiger partial charge < -0.3 is 9.80 Å². The van der Waals surface area contributed by atoms with E-state index in [1.807, 2.05) is 4.90 Å². The van der Waals surface area contributed by atoms with Crippen LogP contribution in [-0.4, -0.2) is 62.6 Å². The standard InChI is InChI=1S/C22H28FN5O2/c1-16-24-21(25-28(16)19-9-7-18(23)8-10-19)22(30)27-14-12-26(13-15-27)20(29)11-6-17-4-2-3-5-17/h7-10,17H,2-6,11-15H2,1H3. The van der Waals surface area contributed by atoms with Crippen molar-refractivity contribution in [2.45, 2.75) is 45.4 Å². The Bertz CT molecular complexity index is 897. The Hall–Kier alpha value is -2.77. The summed E-state index contributed by atoms with van der Waals surface area (Å²) in [5.41, 5.74) is 0.651. The summed E-state index contributed by atoms with van der Waals surface area (Å²) in [6, 6.07) is 5.89. The van der Waals surface area contributed by atoms with Gasteiger partial charge in [-0.2, -0.15) is 0 Å². The molecule has 0 atom stereocenters. The summed E-state index contributed by atoms with van der Waals surface area (Å²) in [5, 5.41) is 4.32. The normalized spacial score (nSPS) is 17.5. The van der Waals surface area contributed by atoms with Crippen molar-refractivity contribution < 1.29 is 14.0 Å². The second-order valence-corrected chi connectivity index (χ2v) is 8.23. The maximum atomic E-state index is 13.2. The lowest BCUT2D eigenvalue weighted by molar-refractivity contribution is -0.133. The van der Waals surface area contributed by atoms with Gasteiger partial charge in [0.15, 0.2) is 0 Å². The van der Waals surface area contributed by atoms with E-state index in [1.165, 1.54) is 42.5 Å². The molecule has 1 aromatic heterocycles. The first kappa shape index (κ1) is 20.5. The highest BCUT2D eigenvalue weighted by Crippen LogP contribution is 2.28. The van der Waals surface area contributed by atoms with Crippen molar-refractivity contribution in [1.29, 1.82) is 0 Å². The molecule has 2 heterocycles. The minimum Gasteiger partial charge on any atom is -0.339 e. The van der Waals surface area contributed by atoms with Crippen LogP contribution in [0.1, 0.15) is 55.0 Å². The van der Waals surface area contributed by atoms with Gasteiger partial charge in [0.1, 0.15) is 11.6 Å². The van der Waals surface area contributed by atoms with Gasteiger partial charge in [-0.3, -0.25) is 9.59 Å². The van der Waals surface area contributed by atoms with E-state index in [-0.39, 0.29) is 23.5 Å². The Kier molecular flexibility index (Phi) is 6.11. The molecule has 0 bridgehead atoms. The zero-order chi connectivity index (χ0) is 21.1. The van der Waals surface area contributed by atoms with Gasteiger partial charge in [-0.15, -0.1) is 5.10 Å². The number of rotatable bonds is 5. The molecule has 2 aromatic rings. The van der Waals surface area contributed by atoms with E-state index in [2.05, 4.69) is 10.1 Å². The lowest BCUT2D eigenvalue weighted by Crippen LogP contribution is -2.50. The molecule has 0 radical (unpaired) electrons. The van der Waals surface area contributed by atoms with E-state index in [0.29, 0.717) is 50.0 Å². The molecular formula is C22H28FN5O2. The topological polar surface area (TPSA) is 71.3 Å². The van der Waals surface area contributed by atoms with Crippen LogP contribution in [0.15, 0.2) is 24.3 Å². The van der Waals surface area contributed by atoms with Crippen LogP contribution < -0.4 is 0 Å². The van der Waals surface area contributed by atoms with Crippen molar-refractivity contribution in [1.82, 2.24) is 24.6 Å². The predicted molar refractivity (Wildman–Crippen MR) is 110 cm³/mol. The second kappa shape index (κ2) is 8.93. The average molecular weight is 413 g/mol. The van der Waals surface area contributed by atoms with Gasteiger partial charge in [-0.25, -0.2) is 14.1 Å². The van der Waals surface area contributed by atoms with Crippen molar-refractivity contribution in [3.63, 3.8) is 0 Å². The van der Waals surface area contributed by atoms with Gasteiger partial charge in [0.25, 0.3) is 5.91 Å². The molecule has 0 spiro atoms. The van der Waals surface area contributed by atoms with Crippen molar-refractivity contribution >= 4 is 11.8 Å². The fourth-order valence-electron chi connectivity index (χ4n) is 4.39. The van der Waals surface area contributed by atoms with Crippen molar-refractivity contribution in [2.24, 2.45) is 5.92 Å². The zero-order valence-electron chi connectivity index (χ0n) is 17.4. The lowest BCUT2D eigenvalue weighted by atomic mass is 10.0. The molecule has 2 fully saturated rings. The number of benzene rings is 1. The molecule has 8 heteroatoms. The third-order valence-electron chi connectivity index (χ3n) is 6.19. The summed E-state index contributed by atoms with van der Waals surface area (Å²) in [6.07, 6.45) is 6.71. The summed E-state index contributed by atoms with van der Waals surface area (Å²) < 4.78 is 14.7. The fourth-order valence-corrected chi connectivity index (χ4v) is 4.39. The van der Waals surface area contributed by atoms with Crippen LogP contribution in [0, 0.1) is 18.7 Å². The summed E-state index contributed by atoms with van der Waals surface area (Å²) in [7, 11) is 0. The Morgan fingerprint density at radius 3 is 2.33 bits per heavy atom. The molecule has 1 aromatic carbocycles. The third kappa shape index (κ3) is 4.52. The van der Waals surface area contributed by atoms with Crippen molar-refractivity contribution in [3.8, 4) is 5.69 Å². The highest BCUT2D eigenvalue weighted by atomic mass is 19.1. The third-order valence-corrected chi connectivity index (χ3v) is 6.19. The van der Waals surface area contributed by atoms with Gasteiger partial charge in [0, 0.05) is 32.6 Å². The first-order valence-electron chi connectivity index (χ1n) is 10.8. The summed E-state index contributed by atoms with van der Waals surface area (Å²) in [5.74, 6) is 1.02. The second-order valence-electron chi connectivity index (χ2n) is 8.23. The van der Waals surface area contributed by atoms with Crippen LogP contribution in [0.2, 0.25) is 0 Å². The van der Waals surface area contributed by atoms with Crippen LogP contribution in [-0.2, 0) is 4.79 Å². The first-order chi connectivity index (χ1) is 14.5. The van der Waals surface area contributed by atoms with Crippen LogP contribution in [0.5, 0.6) is 0 Å². The van der Waals surface area contributed by atoms with E-state index in [0.717, 1.165) is 6.42 Å². The first-order valence-corrected chi connectivity index (χ1v) is 10.8. The van der Waals surface area contributed by atoms with Crippen LogP contribution >= 0.6 is 0 Å². The Labute approximate surface area is 175 Å². The molecule has 30 heavy (non-hydrogen) atoms. The summed E-state index contributed by atoms with van der Waals surface area (Å²) in [6.45, 7) is 3.82. The molecule has 1 aliphatic carbocycles.